The molecule has 2 atom stereocenters. The summed E-state index contributed by atoms with van der Waals surface area (Å²) in [5, 5.41) is 11.6. The largest absolute Gasteiger partial charge is 0.375 e. The third-order valence-corrected chi connectivity index (χ3v) is 3.93. The molecule has 0 aromatic carbocycles. The van der Waals surface area contributed by atoms with Crippen LogP contribution in [0.2, 0.25) is 0 Å². The highest BCUT2D eigenvalue weighted by molar-refractivity contribution is 5.73. The monoisotopic (exact) mass is 331 g/mol. The van der Waals surface area contributed by atoms with Crippen molar-refractivity contribution >= 4 is 11.8 Å². The number of hydrogen-bond acceptors (Lipinski definition) is 5. The number of morpholine rings is 1. The standard InChI is InChI=1S/C17H25N5O2/c1-13(8-18)11-21(3)17(23)20-10-15-4-5-16(19-9-15)22-6-7-24-14(2)12-22/h4-5,9,13-14H,6-7,10-12H2,1-3H3,(H,20,23)/t13-,14-/m0/s1. The zero-order chi connectivity index (χ0) is 17.5. The zero-order valence-electron chi connectivity index (χ0n) is 14.5. The number of pyridine rings is 1. The number of hydrogen-bond donors (Lipinski definition) is 1. The van der Waals surface area contributed by atoms with Gasteiger partial charge in [-0.15, -0.1) is 0 Å². The van der Waals surface area contributed by atoms with Crippen LogP contribution in [0.5, 0.6) is 0 Å². The molecular formula is C17H25N5O2. The summed E-state index contributed by atoms with van der Waals surface area (Å²) in [6.45, 7) is 7.07. The Morgan fingerprint density at radius 3 is 3.04 bits per heavy atom. The minimum absolute atomic E-state index is 0.183. The van der Waals surface area contributed by atoms with Crippen LogP contribution in [0, 0.1) is 17.2 Å². The number of carbonyl (C=O) groups is 1. The lowest BCUT2D eigenvalue weighted by Crippen LogP contribution is -2.41. The fraction of sp³-hybridized carbons (Fsp3) is 0.588. The molecule has 0 aliphatic carbocycles. The van der Waals surface area contributed by atoms with E-state index in [2.05, 4.69) is 28.2 Å². The van der Waals surface area contributed by atoms with Gasteiger partial charge in [0.2, 0.25) is 0 Å². The minimum Gasteiger partial charge on any atom is -0.375 e. The van der Waals surface area contributed by atoms with E-state index in [0.717, 1.165) is 24.5 Å². The van der Waals surface area contributed by atoms with Gasteiger partial charge in [-0.1, -0.05) is 6.07 Å². The number of anilines is 1. The van der Waals surface area contributed by atoms with Crippen LogP contribution in [-0.4, -0.2) is 55.3 Å². The van der Waals surface area contributed by atoms with Crippen LogP contribution in [0.15, 0.2) is 18.3 Å². The first-order chi connectivity index (χ1) is 11.5. The molecule has 0 radical (unpaired) electrons. The van der Waals surface area contributed by atoms with Crippen LogP contribution in [0.1, 0.15) is 19.4 Å². The molecule has 2 amide bonds. The Bertz CT molecular complexity index is 584. The van der Waals surface area contributed by atoms with E-state index in [1.807, 2.05) is 12.1 Å². The van der Waals surface area contributed by atoms with Gasteiger partial charge in [0.25, 0.3) is 0 Å². The van der Waals surface area contributed by atoms with Crippen molar-refractivity contribution in [2.24, 2.45) is 5.92 Å². The molecule has 0 unspecified atom stereocenters. The third-order valence-electron chi connectivity index (χ3n) is 3.93. The fourth-order valence-corrected chi connectivity index (χ4v) is 2.58. The number of nitriles is 1. The van der Waals surface area contributed by atoms with E-state index in [1.54, 1.807) is 20.2 Å². The maximum atomic E-state index is 12.0. The molecule has 2 heterocycles. The zero-order valence-corrected chi connectivity index (χ0v) is 14.5. The number of urea groups is 1. The SMILES string of the molecule is C[C@@H](C#N)CN(C)C(=O)NCc1ccc(N2CCO[C@@H](C)C2)nc1. The van der Waals surface area contributed by atoms with Gasteiger partial charge in [0.05, 0.1) is 24.7 Å². The van der Waals surface area contributed by atoms with Crippen molar-refractivity contribution in [2.45, 2.75) is 26.5 Å². The van der Waals surface area contributed by atoms with Crippen LogP contribution >= 0.6 is 0 Å². The number of rotatable bonds is 5. The van der Waals surface area contributed by atoms with Crippen LogP contribution in [0.3, 0.4) is 0 Å². The van der Waals surface area contributed by atoms with Crippen molar-refractivity contribution in [1.82, 2.24) is 15.2 Å². The Labute approximate surface area is 143 Å². The maximum Gasteiger partial charge on any atom is 0.317 e. The van der Waals surface area contributed by atoms with Gasteiger partial charge in [-0.25, -0.2) is 9.78 Å². The van der Waals surface area contributed by atoms with E-state index in [9.17, 15) is 4.79 Å². The van der Waals surface area contributed by atoms with E-state index in [1.165, 1.54) is 4.90 Å². The predicted octanol–water partition coefficient (Wildman–Crippen LogP) is 1.61. The quantitative estimate of drug-likeness (QED) is 0.886. The Morgan fingerprint density at radius 2 is 2.42 bits per heavy atom. The number of nitrogens with one attached hydrogen (secondary N) is 1. The van der Waals surface area contributed by atoms with Crippen molar-refractivity contribution in [3.05, 3.63) is 23.9 Å². The summed E-state index contributed by atoms with van der Waals surface area (Å²) in [5.41, 5.74) is 0.940. The molecule has 1 saturated heterocycles. The lowest BCUT2D eigenvalue weighted by Gasteiger charge is -2.32. The Kier molecular flexibility index (Phi) is 6.38. The third kappa shape index (κ3) is 5.10. The highest BCUT2D eigenvalue weighted by Crippen LogP contribution is 2.15. The van der Waals surface area contributed by atoms with Crippen LogP contribution in [0.4, 0.5) is 10.6 Å². The van der Waals surface area contributed by atoms with Crippen molar-refractivity contribution in [2.75, 3.05) is 38.2 Å². The van der Waals surface area contributed by atoms with Gasteiger partial charge in [0, 0.05) is 39.4 Å². The second kappa shape index (κ2) is 8.50. The summed E-state index contributed by atoms with van der Waals surface area (Å²) in [4.78, 5) is 20.2. The summed E-state index contributed by atoms with van der Waals surface area (Å²) in [6.07, 6.45) is 2.00. The molecule has 0 spiro atoms. The average Bonchev–Trinajstić information content (AvgIpc) is 2.59. The van der Waals surface area contributed by atoms with Gasteiger partial charge < -0.3 is 19.9 Å². The lowest BCUT2D eigenvalue weighted by molar-refractivity contribution is 0.0529. The van der Waals surface area contributed by atoms with Gasteiger partial charge >= 0.3 is 6.03 Å². The van der Waals surface area contributed by atoms with Crippen molar-refractivity contribution in [3.8, 4) is 6.07 Å². The van der Waals surface area contributed by atoms with Crippen LogP contribution < -0.4 is 10.2 Å². The molecule has 7 heteroatoms. The Hall–Kier alpha value is -2.33. The Morgan fingerprint density at radius 1 is 1.62 bits per heavy atom. The molecule has 24 heavy (non-hydrogen) atoms. The molecular weight excluding hydrogens is 306 g/mol. The summed E-state index contributed by atoms with van der Waals surface area (Å²) >= 11 is 0. The molecule has 1 aliphatic heterocycles. The molecule has 130 valence electrons. The van der Waals surface area contributed by atoms with E-state index < -0.39 is 0 Å². The van der Waals surface area contributed by atoms with Crippen molar-refractivity contribution < 1.29 is 9.53 Å². The number of ether oxygens (including phenoxy) is 1. The molecule has 7 nitrogen and oxygen atoms in total. The number of carbonyl (C=O) groups excluding carboxylic acids is 1. The molecule has 0 bridgehead atoms. The van der Waals surface area contributed by atoms with Gasteiger partial charge in [-0.3, -0.25) is 0 Å². The summed E-state index contributed by atoms with van der Waals surface area (Å²) < 4.78 is 5.53. The molecule has 1 aromatic heterocycles. The van der Waals surface area contributed by atoms with Crippen LogP contribution in [-0.2, 0) is 11.3 Å². The smallest absolute Gasteiger partial charge is 0.317 e. The van der Waals surface area contributed by atoms with Crippen molar-refractivity contribution in [3.63, 3.8) is 0 Å². The maximum absolute atomic E-state index is 12.0. The second-order valence-corrected chi connectivity index (χ2v) is 6.22. The van der Waals surface area contributed by atoms with Gasteiger partial charge in [0.1, 0.15) is 5.82 Å². The first-order valence-electron chi connectivity index (χ1n) is 8.19. The normalized spacial score (nSPS) is 18.6. The highest BCUT2D eigenvalue weighted by atomic mass is 16.5. The lowest BCUT2D eigenvalue weighted by atomic mass is 10.2. The molecule has 2 rings (SSSR count). The average molecular weight is 331 g/mol. The summed E-state index contributed by atoms with van der Waals surface area (Å²) in [5.74, 6) is 0.748. The molecule has 1 aromatic rings. The van der Waals surface area contributed by atoms with Gasteiger partial charge in [0.15, 0.2) is 0 Å². The number of nitrogens with zero attached hydrogens (tertiary/aromatic N) is 4. The molecule has 1 aliphatic rings. The summed E-state index contributed by atoms with van der Waals surface area (Å²) in [7, 11) is 1.68. The number of amides is 2. The van der Waals surface area contributed by atoms with E-state index in [4.69, 9.17) is 10.00 Å². The number of aromatic nitrogens is 1. The van der Waals surface area contributed by atoms with Gasteiger partial charge in [-0.2, -0.15) is 5.26 Å². The topological polar surface area (TPSA) is 81.5 Å². The Balaban J connectivity index is 1.83. The molecule has 1 N–H and O–H groups in total. The van der Waals surface area contributed by atoms with Crippen molar-refractivity contribution in [1.29, 1.82) is 5.26 Å². The second-order valence-electron chi connectivity index (χ2n) is 6.22. The van der Waals surface area contributed by atoms with Gasteiger partial charge in [-0.05, 0) is 25.5 Å². The predicted molar refractivity (Wildman–Crippen MR) is 91.5 cm³/mol. The van der Waals surface area contributed by atoms with E-state index in [-0.39, 0.29) is 18.1 Å². The molecule has 0 saturated carbocycles. The fourth-order valence-electron chi connectivity index (χ4n) is 2.58. The first-order valence-corrected chi connectivity index (χ1v) is 8.19. The summed E-state index contributed by atoms with van der Waals surface area (Å²) in [6, 6.07) is 5.87. The highest BCUT2D eigenvalue weighted by Gasteiger charge is 2.17. The molecule has 1 fully saturated rings. The van der Waals surface area contributed by atoms with E-state index in [0.29, 0.717) is 19.7 Å². The first kappa shape index (κ1) is 18.0. The van der Waals surface area contributed by atoms with E-state index >= 15 is 0 Å². The van der Waals surface area contributed by atoms with Crippen LogP contribution in [0.25, 0.3) is 0 Å². The minimum atomic E-state index is -0.191.